The number of nitrogens with zero attached hydrogens (tertiary/aromatic N) is 1. The van der Waals surface area contributed by atoms with Crippen LogP contribution in [-0.4, -0.2) is 43.8 Å². The molecule has 148 valence electrons. The Morgan fingerprint density at radius 1 is 1.21 bits per heavy atom. The Morgan fingerprint density at radius 2 is 2.04 bits per heavy atom. The highest BCUT2D eigenvalue weighted by Gasteiger charge is 2.29. The molecular formula is C21H23FN2O4. The lowest BCUT2D eigenvalue weighted by atomic mass is 10.1. The van der Waals surface area contributed by atoms with Gasteiger partial charge in [-0.25, -0.2) is 4.39 Å². The Bertz CT molecular complexity index is 856. The van der Waals surface area contributed by atoms with Gasteiger partial charge in [-0.1, -0.05) is 12.1 Å². The van der Waals surface area contributed by atoms with E-state index in [1.807, 2.05) is 17.0 Å². The molecule has 1 N–H and O–H groups in total. The molecule has 1 amide bonds. The predicted molar refractivity (Wildman–Crippen MR) is 101 cm³/mol. The van der Waals surface area contributed by atoms with E-state index in [4.69, 9.17) is 14.2 Å². The Morgan fingerprint density at radius 3 is 2.82 bits per heavy atom. The van der Waals surface area contributed by atoms with Gasteiger partial charge in [0.25, 0.3) is 0 Å². The molecule has 0 spiro atoms. The van der Waals surface area contributed by atoms with Gasteiger partial charge in [0, 0.05) is 32.1 Å². The number of carbonyl (C=O) groups excluding carboxylic acids is 1. The van der Waals surface area contributed by atoms with Gasteiger partial charge in [-0.05, 0) is 41.8 Å². The van der Waals surface area contributed by atoms with Crippen LogP contribution in [0.2, 0.25) is 0 Å². The largest absolute Gasteiger partial charge is 0.493 e. The van der Waals surface area contributed by atoms with Crippen molar-refractivity contribution in [2.75, 3.05) is 27.0 Å². The molecule has 28 heavy (non-hydrogen) atoms. The van der Waals surface area contributed by atoms with E-state index >= 15 is 0 Å². The van der Waals surface area contributed by atoms with Crippen LogP contribution in [0.3, 0.4) is 0 Å². The highest BCUT2D eigenvalue weighted by Crippen LogP contribution is 2.41. The summed E-state index contributed by atoms with van der Waals surface area (Å²) in [6.07, 6.45) is 1.20. The summed E-state index contributed by atoms with van der Waals surface area (Å²) in [5.41, 5.74) is 2.04. The first-order valence-corrected chi connectivity index (χ1v) is 9.34. The van der Waals surface area contributed by atoms with Crippen molar-refractivity contribution in [3.63, 3.8) is 0 Å². The van der Waals surface area contributed by atoms with Gasteiger partial charge in [0.05, 0.1) is 7.11 Å². The molecule has 0 radical (unpaired) electrons. The minimum atomic E-state index is -0.245. The zero-order valence-electron chi connectivity index (χ0n) is 15.7. The third-order valence-electron chi connectivity index (χ3n) is 5.11. The van der Waals surface area contributed by atoms with Gasteiger partial charge in [0.15, 0.2) is 11.5 Å². The fraction of sp³-hybridized carbons (Fsp3) is 0.381. The quantitative estimate of drug-likeness (QED) is 0.792. The van der Waals surface area contributed by atoms with Crippen LogP contribution < -0.4 is 19.5 Å². The lowest BCUT2D eigenvalue weighted by Crippen LogP contribution is -2.33. The highest BCUT2D eigenvalue weighted by molar-refractivity contribution is 5.79. The van der Waals surface area contributed by atoms with E-state index < -0.39 is 0 Å². The van der Waals surface area contributed by atoms with E-state index in [0.29, 0.717) is 43.3 Å². The van der Waals surface area contributed by atoms with Crippen molar-refractivity contribution in [3.8, 4) is 17.2 Å². The Hall–Kier alpha value is -2.80. The summed E-state index contributed by atoms with van der Waals surface area (Å²) in [5.74, 6) is 1.86. The number of amides is 1. The van der Waals surface area contributed by atoms with Crippen molar-refractivity contribution in [3.05, 3.63) is 53.3 Å². The molecule has 4 rings (SSSR count). The first-order chi connectivity index (χ1) is 13.6. The molecule has 2 aromatic carbocycles. The molecule has 0 saturated carbocycles. The number of halogens is 1. The number of carbonyl (C=O) groups is 1. The maximum atomic E-state index is 13.0. The molecule has 2 aromatic rings. The van der Waals surface area contributed by atoms with E-state index in [-0.39, 0.29) is 24.6 Å². The van der Waals surface area contributed by atoms with Crippen LogP contribution in [0.5, 0.6) is 17.2 Å². The number of hydrogen-bond donors (Lipinski definition) is 1. The van der Waals surface area contributed by atoms with Gasteiger partial charge >= 0.3 is 0 Å². The van der Waals surface area contributed by atoms with Gasteiger partial charge in [0.1, 0.15) is 5.82 Å². The molecule has 2 aliphatic rings. The number of nitrogens with one attached hydrogen (secondary N) is 1. The van der Waals surface area contributed by atoms with E-state index in [1.165, 1.54) is 12.1 Å². The number of benzene rings is 2. The fourth-order valence-corrected chi connectivity index (χ4v) is 3.59. The summed E-state index contributed by atoms with van der Waals surface area (Å²) in [6, 6.07) is 10.4. The summed E-state index contributed by atoms with van der Waals surface area (Å²) in [6.45, 7) is 2.11. The SMILES string of the molecule is COc1cc(CN[C@H]2CC(=O)N(CCc3ccc(F)cc3)C2)cc2c1OCO2. The minimum absolute atomic E-state index is 0.0946. The Kier molecular flexibility index (Phi) is 5.34. The third-order valence-corrected chi connectivity index (χ3v) is 5.11. The van der Waals surface area contributed by atoms with Gasteiger partial charge in [-0.15, -0.1) is 0 Å². The summed E-state index contributed by atoms with van der Waals surface area (Å²) in [4.78, 5) is 14.2. The molecule has 6 nitrogen and oxygen atoms in total. The summed E-state index contributed by atoms with van der Waals surface area (Å²) in [7, 11) is 1.60. The van der Waals surface area contributed by atoms with Crippen LogP contribution in [0.15, 0.2) is 36.4 Å². The smallest absolute Gasteiger partial charge is 0.231 e. The van der Waals surface area contributed by atoms with Crippen LogP contribution in [0.25, 0.3) is 0 Å². The molecule has 2 aliphatic heterocycles. The van der Waals surface area contributed by atoms with Crippen LogP contribution in [0, 0.1) is 5.82 Å². The van der Waals surface area contributed by atoms with E-state index in [1.54, 1.807) is 19.2 Å². The van der Waals surface area contributed by atoms with E-state index in [0.717, 1.165) is 17.5 Å². The molecule has 1 saturated heterocycles. The first-order valence-electron chi connectivity index (χ1n) is 9.34. The number of methoxy groups -OCH3 is 1. The molecule has 1 fully saturated rings. The normalized spacial score (nSPS) is 18.0. The monoisotopic (exact) mass is 386 g/mol. The molecule has 1 atom stereocenters. The molecule has 2 heterocycles. The maximum absolute atomic E-state index is 13.0. The summed E-state index contributed by atoms with van der Waals surface area (Å²) in [5, 5.41) is 3.44. The highest BCUT2D eigenvalue weighted by atomic mass is 19.1. The van der Waals surface area contributed by atoms with Crippen LogP contribution in [0.1, 0.15) is 17.5 Å². The predicted octanol–water partition coefficient (Wildman–Crippen LogP) is 2.50. The molecule has 0 unspecified atom stereocenters. The molecule has 0 aromatic heterocycles. The van der Waals surface area contributed by atoms with Crippen molar-refractivity contribution in [1.82, 2.24) is 10.2 Å². The molecular weight excluding hydrogens is 363 g/mol. The Labute approximate surface area is 163 Å². The van der Waals surface area contributed by atoms with Crippen molar-refractivity contribution < 1.29 is 23.4 Å². The van der Waals surface area contributed by atoms with Crippen LogP contribution in [-0.2, 0) is 17.8 Å². The minimum Gasteiger partial charge on any atom is -0.493 e. The standard InChI is InChI=1S/C21H23FN2O4/c1-26-18-8-15(9-19-21(18)28-13-27-19)11-23-17-10-20(25)24(12-17)7-6-14-2-4-16(22)5-3-14/h2-5,8-9,17,23H,6-7,10-13H2,1H3/t17-/m0/s1. The topological polar surface area (TPSA) is 60.0 Å². The van der Waals surface area contributed by atoms with Crippen molar-refractivity contribution >= 4 is 5.91 Å². The van der Waals surface area contributed by atoms with Gasteiger partial charge < -0.3 is 24.4 Å². The first kappa shape index (κ1) is 18.6. The van der Waals surface area contributed by atoms with Gasteiger partial charge in [-0.3, -0.25) is 4.79 Å². The molecule has 0 bridgehead atoms. The van der Waals surface area contributed by atoms with E-state index in [2.05, 4.69) is 5.32 Å². The second-order valence-corrected chi connectivity index (χ2v) is 7.03. The van der Waals surface area contributed by atoms with E-state index in [9.17, 15) is 9.18 Å². The van der Waals surface area contributed by atoms with Crippen LogP contribution in [0.4, 0.5) is 4.39 Å². The average Bonchev–Trinajstić information content (AvgIpc) is 3.31. The number of fused-ring (bicyclic) bond motifs is 1. The summed E-state index contributed by atoms with van der Waals surface area (Å²) < 4.78 is 29.2. The lowest BCUT2D eigenvalue weighted by molar-refractivity contribution is -0.127. The number of likely N-dealkylation sites (tertiary alicyclic amines) is 1. The zero-order chi connectivity index (χ0) is 19.5. The number of rotatable bonds is 7. The van der Waals surface area contributed by atoms with Crippen molar-refractivity contribution in [2.45, 2.75) is 25.4 Å². The molecule has 7 heteroatoms. The van der Waals surface area contributed by atoms with Crippen molar-refractivity contribution in [1.29, 1.82) is 0 Å². The second-order valence-electron chi connectivity index (χ2n) is 7.03. The second kappa shape index (κ2) is 8.06. The lowest BCUT2D eigenvalue weighted by Gasteiger charge is -2.17. The Balaban J connectivity index is 1.30. The number of ether oxygens (including phenoxy) is 3. The third kappa shape index (κ3) is 4.04. The summed E-state index contributed by atoms with van der Waals surface area (Å²) >= 11 is 0. The van der Waals surface area contributed by atoms with Crippen LogP contribution >= 0.6 is 0 Å². The zero-order valence-corrected chi connectivity index (χ0v) is 15.7. The van der Waals surface area contributed by atoms with Gasteiger partial charge in [-0.2, -0.15) is 0 Å². The van der Waals surface area contributed by atoms with Crippen molar-refractivity contribution in [2.24, 2.45) is 0 Å². The maximum Gasteiger partial charge on any atom is 0.231 e. The molecule has 0 aliphatic carbocycles. The number of hydrogen-bond acceptors (Lipinski definition) is 5. The van der Waals surface area contributed by atoms with Gasteiger partial charge in [0.2, 0.25) is 18.4 Å². The fourth-order valence-electron chi connectivity index (χ4n) is 3.59. The average molecular weight is 386 g/mol.